The SMILES string of the molecule is C[C@@H](c1nc2ccccc2s1)N(C)C(=O)c1ccc(=O)[nH]c1. The molecule has 0 saturated carbocycles. The van der Waals surface area contributed by atoms with E-state index in [0.717, 1.165) is 15.2 Å². The average Bonchev–Trinajstić information content (AvgIpc) is 2.97. The monoisotopic (exact) mass is 313 g/mol. The van der Waals surface area contributed by atoms with Gasteiger partial charge in [0.15, 0.2) is 0 Å². The van der Waals surface area contributed by atoms with Crippen LogP contribution in [0, 0.1) is 0 Å². The fourth-order valence-electron chi connectivity index (χ4n) is 2.16. The van der Waals surface area contributed by atoms with Gasteiger partial charge in [-0.2, -0.15) is 0 Å². The molecule has 1 aromatic carbocycles. The molecule has 0 fully saturated rings. The van der Waals surface area contributed by atoms with Gasteiger partial charge in [-0.15, -0.1) is 11.3 Å². The average molecular weight is 313 g/mol. The minimum Gasteiger partial charge on any atom is -0.332 e. The molecule has 3 aromatic rings. The van der Waals surface area contributed by atoms with E-state index in [9.17, 15) is 9.59 Å². The Labute approximate surface area is 131 Å². The molecule has 5 nitrogen and oxygen atoms in total. The Bertz CT molecular complexity index is 831. The van der Waals surface area contributed by atoms with Gasteiger partial charge in [0.25, 0.3) is 5.91 Å². The Morgan fingerprint density at radius 2 is 2.05 bits per heavy atom. The van der Waals surface area contributed by atoms with Crippen molar-refractivity contribution in [3.63, 3.8) is 0 Å². The first-order valence-corrected chi connectivity index (χ1v) is 7.69. The molecular formula is C16H15N3O2S. The van der Waals surface area contributed by atoms with E-state index in [0.29, 0.717) is 5.56 Å². The van der Waals surface area contributed by atoms with Crippen molar-refractivity contribution in [3.8, 4) is 0 Å². The zero-order chi connectivity index (χ0) is 15.7. The van der Waals surface area contributed by atoms with Crippen LogP contribution < -0.4 is 5.56 Å². The Balaban J connectivity index is 1.87. The summed E-state index contributed by atoms with van der Waals surface area (Å²) < 4.78 is 1.11. The van der Waals surface area contributed by atoms with Gasteiger partial charge < -0.3 is 9.88 Å². The number of nitrogens with one attached hydrogen (secondary N) is 1. The first kappa shape index (κ1) is 14.5. The summed E-state index contributed by atoms with van der Waals surface area (Å²) >= 11 is 1.59. The zero-order valence-corrected chi connectivity index (χ0v) is 13.1. The lowest BCUT2D eigenvalue weighted by atomic mass is 10.2. The Kier molecular flexibility index (Phi) is 3.77. The number of pyridine rings is 1. The van der Waals surface area contributed by atoms with Crippen LogP contribution in [-0.2, 0) is 0 Å². The van der Waals surface area contributed by atoms with Gasteiger partial charge in [0.05, 0.1) is 21.8 Å². The highest BCUT2D eigenvalue weighted by molar-refractivity contribution is 7.18. The standard InChI is InChI=1S/C16H15N3O2S/c1-10(15-18-12-5-3-4-6-13(12)22-15)19(2)16(21)11-7-8-14(20)17-9-11/h3-10H,1-2H3,(H,17,20)/t10-/m0/s1. The summed E-state index contributed by atoms with van der Waals surface area (Å²) in [6.45, 7) is 1.95. The molecule has 22 heavy (non-hydrogen) atoms. The van der Waals surface area contributed by atoms with E-state index in [2.05, 4.69) is 9.97 Å². The largest absolute Gasteiger partial charge is 0.332 e. The normalized spacial score (nSPS) is 12.3. The second-order valence-electron chi connectivity index (χ2n) is 5.05. The van der Waals surface area contributed by atoms with Crippen LogP contribution in [0.5, 0.6) is 0 Å². The van der Waals surface area contributed by atoms with E-state index in [1.807, 2.05) is 31.2 Å². The number of nitrogens with zero attached hydrogens (tertiary/aromatic N) is 2. The zero-order valence-electron chi connectivity index (χ0n) is 12.2. The molecule has 1 atom stereocenters. The van der Waals surface area contributed by atoms with Crippen LogP contribution in [0.3, 0.4) is 0 Å². The summed E-state index contributed by atoms with van der Waals surface area (Å²) in [5.74, 6) is -0.150. The number of para-hydroxylation sites is 1. The fraction of sp³-hybridized carbons (Fsp3) is 0.188. The highest BCUT2D eigenvalue weighted by atomic mass is 32.1. The van der Waals surface area contributed by atoms with Gasteiger partial charge in [0.1, 0.15) is 5.01 Å². The molecule has 2 aromatic heterocycles. The van der Waals surface area contributed by atoms with E-state index in [-0.39, 0.29) is 17.5 Å². The van der Waals surface area contributed by atoms with Gasteiger partial charge in [-0.25, -0.2) is 4.98 Å². The number of rotatable bonds is 3. The highest BCUT2D eigenvalue weighted by Crippen LogP contribution is 2.29. The van der Waals surface area contributed by atoms with E-state index in [1.165, 1.54) is 18.3 Å². The summed E-state index contributed by atoms with van der Waals surface area (Å²) in [5.41, 5.74) is 1.17. The van der Waals surface area contributed by atoms with Crippen LogP contribution in [-0.4, -0.2) is 27.8 Å². The molecule has 3 rings (SSSR count). The molecule has 0 unspecified atom stereocenters. The number of hydrogen-bond acceptors (Lipinski definition) is 4. The van der Waals surface area contributed by atoms with E-state index in [1.54, 1.807) is 23.3 Å². The predicted octanol–water partition coefficient (Wildman–Crippen LogP) is 2.82. The fourth-order valence-corrected chi connectivity index (χ4v) is 3.22. The summed E-state index contributed by atoms with van der Waals surface area (Å²) in [4.78, 5) is 32.3. The number of benzene rings is 1. The number of thiazole rings is 1. The summed E-state index contributed by atoms with van der Waals surface area (Å²) in [5, 5.41) is 0.890. The van der Waals surface area contributed by atoms with Gasteiger partial charge in [-0.3, -0.25) is 9.59 Å². The predicted molar refractivity (Wildman–Crippen MR) is 87.2 cm³/mol. The summed E-state index contributed by atoms with van der Waals surface area (Å²) in [7, 11) is 1.74. The second kappa shape index (κ2) is 5.73. The minimum atomic E-state index is -0.224. The van der Waals surface area contributed by atoms with E-state index >= 15 is 0 Å². The number of carbonyl (C=O) groups excluding carboxylic acids is 1. The number of amides is 1. The minimum absolute atomic E-state index is 0.142. The van der Waals surface area contributed by atoms with Crippen LogP contribution in [0.4, 0.5) is 0 Å². The molecule has 6 heteroatoms. The molecule has 2 heterocycles. The Morgan fingerprint density at radius 3 is 2.73 bits per heavy atom. The maximum Gasteiger partial charge on any atom is 0.255 e. The van der Waals surface area contributed by atoms with Crippen molar-refractivity contribution in [2.75, 3.05) is 7.05 Å². The molecule has 0 aliphatic rings. The third-order valence-corrected chi connectivity index (χ3v) is 4.81. The summed E-state index contributed by atoms with van der Waals surface area (Å²) in [6.07, 6.45) is 1.44. The van der Waals surface area contributed by atoms with Crippen molar-refractivity contribution in [2.45, 2.75) is 13.0 Å². The molecule has 0 spiro atoms. The molecule has 112 valence electrons. The maximum atomic E-state index is 12.5. The van der Waals surface area contributed by atoms with E-state index < -0.39 is 0 Å². The lowest BCUT2D eigenvalue weighted by Gasteiger charge is -2.23. The summed E-state index contributed by atoms with van der Waals surface area (Å²) in [6, 6.07) is 10.7. The van der Waals surface area contributed by atoms with Gasteiger partial charge in [-0.1, -0.05) is 12.1 Å². The number of H-pyrrole nitrogens is 1. The molecule has 1 N–H and O–H groups in total. The molecule has 0 saturated heterocycles. The van der Waals surface area contributed by atoms with Crippen LogP contribution >= 0.6 is 11.3 Å². The van der Waals surface area contributed by atoms with Gasteiger partial charge in [0, 0.05) is 19.3 Å². The molecule has 0 aliphatic heterocycles. The topological polar surface area (TPSA) is 66.1 Å². The third kappa shape index (κ3) is 2.65. The number of aromatic amines is 1. The second-order valence-corrected chi connectivity index (χ2v) is 6.12. The molecule has 0 bridgehead atoms. The first-order chi connectivity index (χ1) is 10.6. The van der Waals surface area contributed by atoms with Gasteiger partial charge in [0.2, 0.25) is 5.56 Å². The highest BCUT2D eigenvalue weighted by Gasteiger charge is 2.21. The smallest absolute Gasteiger partial charge is 0.255 e. The van der Waals surface area contributed by atoms with Crippen molar-refractivity contribution in [2.24, 2.45) is 0 Å². The van der Waals surface area contributed by atoms with Gasteiger partial charge >= 0.3 is 0 Å². The Morgan fingerprint density at radius 1 is 1.27 bits per heavy atom. The number of carbonyl (C=O) groups is 1. The molecule has 1 amide bonds. The molecule has 0 aliphatic carbocycles. The quantitative estimate of drug-likeness (QED) is 0.808. The van der Waals surface area contributed by atoms with Crippen LogP contribution in [0.2, 0.25) is 0 Å². The number of aromatic nitrogens is 2. The van der Waals surface area contributed by atoms with Crippen molar-refractivity contribution >= 4 is 27.5 Å². The van der Waals surface area contributed by atoms with Crippen LogP contribution in [0.15, 0.2) is 47.4 Å². The van der Waals surface area contributed by atoms with Crippen LogP contribution in [0.25, 0.3) is 10.2 Å². The lowest BCUT2D eigenvalue weighted by molar-refractivity contribution is 0.0742. The molecule has 0 radical (unpaired) electrons. The number of hydrogen-bond donors (Lipinski definition) is 1. The first-order valence-electron chi connectivity index (χ1n) is 6.87. The maximum absolute atomic E-state index is 12.5. The van der Waals surface area contributed by atoms with Crippen molar-refractivity contribution < 1.29 is 4.79 Å². The van der Waals surface area contributed by atoms with Crippen molar-refractivity contribution in [1.29, 1.82) is 0 Å². The lowest BCUT2D eigenvalue weighted by Crippen LogP contribution is -2.30. The number of fused-ring (bicyclic) bond motifs is 1. The third-order valence-electron chi connectivity index (χ3n) is 3.60. The van der Waals surface area contributed by atoms with Crippen molar-refractivity contribution in [1.82, 2.24) is 14.9 Å². The van der Waals surface area contributed by atoms with Crippen molar-refractivity contribution in [3.05, 3.63) is 63.5 Å². The van der Waals surface area contributed by atoms with Crippen LogP contribution in [0.1, 0.15) is 28.3 Å². The Hall–Kier alpha value is -2.47. The van der Waals surface area contributed by atoms with Gasteiger partial charge in [-0.05, 0) is 25.1 Å². The molecular weight excluding hydrogens is 298 g/mol. The van der Waals surface area contributed by atoms with E-state index in [4.69, 9.17) is 0 Å².